The Kier molecular flexibility index (Phi) is 3.44. The number of carbonyl (C=O) groups excluding carboxylic acids is 1. The van der Waals surface area contributed by atoms with Gasteiger partial charge in [0.05, 0.1) is 0 Å². The van der Waals surface area contributed by atoms with Crippen molar-refractivity contribution in [2.75, 3.05) is 0 Å². The zero-order chi connectivity index (χ0) is 9.68. The summed E-state index contributed by atoms with van der Waals surface area (Å²) in [5, 5.41) is 0. The number of aldehydes is 1. The van der Waals surface area contributed by atoms with Crippen LogP contribution in [0, 0.1) is 0 Å². The molecule has 1 unspecified atom stereocenters. The van der Waals surface area contributed by atoms with Crippen molar-refractivity contribution in [1.29, 1.82) is 0 Å². The molecule has 13 heavy (non-hydrogen) atoms. The van der Waals surface area contributed by atoms with Gasteiger partial charge in [0.25, 0.3) is 0 Å². The second-order valence-corrected chi connectivity index (χ2v) is 3.16. The molecular weight excluding hydrogens is 160 g/mol. The summed E-state index contributed by atoms with van der Waals surface area (Å²) in [5.74, 6) is -0.00205. The van der Waals surface area contributed by atoms with Crippen molar-refractivity contribution < 1.29 is 4.79 Å². The average molecular weight is 174 g/mol. The van der Waals surface area contributed by atoms with Crippen molar-refractivity contribution in [1.82, 2.24) is 0 Å². The largest absolute Gasteiger partial charge is 0.303 e. The molecule has 1 heteroatoms. The van der Waals surface area contributed by atoms with Crippen LogP contribution in [-0.4, -0.2) is 6.29 Å². The molecule has 0 heterocycles. The molecule has 1 rings (SSSR count). The Morgan fingerprint density at radius 1 is 1.38 bits per heavy atom. The summed E-state index contributed by atoms with van der Waals surface area (Å²) in [6.45, 7) is 5.57. The highest BCUT2D eigenvalue weighted by Crippen LogP contribution is 2.13. The normalized spacial score (nSPS) is 12.1. The van der Waals surface area contributed by atoms with Gasteiger partial charge >= 0.3 is 0 Å². The Morgan fingerprint density at radius 3 is 2.46 bits per heavy atom. The third kappa shape index (κ3) is 2.55. The average Bonchev–Trinajstić information content (AvgIpc) is 2.18. The molecule has 0 saturated heterocycles. The van der Waals surface area contributed by atoms with E-state index in [9.17, 15) is 4.79 Å². The molecule has 0 fully saturated rings. The molecule has 0 aromatic heterocycles. The molecule has 0 aliphatic rings. The van der Waals surface area contributed by atoms with Crippen LogP contribution in [0.1, 0.15) is 24.0 Å². The number of allylic oxidation sites excluding steroid dienone is 1. The van der Waals surface area contributed by atoms with Crippen LogP contribution >= 0.6 is 0 Å². The summed E-state index contributed by atoms with van der Waals surface area (Å²) in [6, 6.07) is 8.07. The lowest BCUT2D eigenvalue weighted by Gasteiger charge is -2.04. The first-order chi connectivity index (χ1) is 6.27. The highest BCUT2D eigenvalue weighted by Gasteiger charge is 2.01. The summed E-state index contributed by atoms with van der Waals surface area (Å²) in [7, 11) is 0. The van der Waals surface area contributed by atoms with E-state index in [2.05, 4.69) is 6.58 Å². The van der Waals surface area contributed by atoms with Crippen LogP contribution < -0.4 is 0 Å². The molecule has 0 N–H and O–H groups in total. The molecule has 1 nitrogen and oxygen atoms in total. The summed E-state index contributed by atoms with van der Waals surface area (Å²) in [6.07, 6.45) is 3.72. The van der Waals surface area contributed by atoms with Crippen LogP contribution in [0.5, 0.6) is 0 Å². The second-order valence-electron chi connectivity index (χ2n) is 3.16. The van der Waals surface area contributed by atoms with E-state index in [1.54, 1.807) is 0 Å². The van der Waals surface area contributed by atoms with Gasteiger partial charge in [0, 0.05) is 5.92 Å². The molecule has 0 amide bonds. The zero-order valence-electron chi connectivity index (χ0n) is 7.86. The van der Waals surface area contributed by atoms with Gasteiger partial charge in [0.15, 0.2) is 0 Å². The Morgan fingerprint density at radius 2 is 2.00 bits per heavy atom. The number of carbonyl (C=O) groups is 1. The Balaban J connectivity index is 2.80. The van der Waals surface area contributed by atoms with Crippen molar-refractivity contribution in [2.45, 2.75) is 19.3 Å². The second kappa shape index (κ2) is 4.61. The molecule has 1 aromatic rings. The van der Waals surface area contributed by atoms with Crippen LogP contribution in [0.15, 0.2) is 36.9 Å². The number of hydrogen-bond acceptors (Lipinski definition) is 1. The smallest absolute Gasteiger partial charge is 0.127 e. The molecule has 0 spiro atoms. The van der Waals surface area contributed by atoms with Gasteiger partial charge in [0.2, 0.25) is 0 Å². The summed E-state index contributed by atoms with van der Waals surface area (Å²) < 4.78 is 0. The Bertz CT molecular complexity index is 284. The van der Waals surface area contributed by atoms with Gasteiger partial charge in [-0.25, -0.2) is 0 Å². The zero-order valence-corrected chi connectivity index (χ0v) is 7.86. The van der Waals surface area contributed by atoms with Gasteiger partial charge in [-0.15, -0.1) is 6.58 Å². The molecule has 1 aromatic carbocycles. The van der Waals surface area contributed by atoms with E-state index in [1.807, 2.05) is 37.3 Å². The first-order valence-electron chi connectivity index (χ1n) is 4.43. The lowest BCUT2D eigenvalue weighted by atomic mass is 10.0. The van der Waals surface area contributed by atoms with Crippen LogP contribution in [0.2, 0.25) is 0 Å². The monoisotopic (exact) mass is 174 g/mol. The predicted octanol–water partition coefficient (Wildman–Crippen LogP) is 2.72. The van der Waals surface area contributed by atoms with Crippen molar-refractivity contribution in [2.24, 2.45) is 0 Å². The molecule has 0 saturated carbocycles. The highest BCUT2D eigenvalue weighted by atomic mass is 16.1. The van der Waals surface area contributed by atoms with Gasteiger partial charge in [-0.2, -0.15) is 0 Å². The maximum Gasteiger partial charge on any atom is 0.127 e. The topological polar surface area (TPSA) is 17.1 Å². The lowest BCUT2D eigenvalue weighted by Crippen LogP contribution is -1.94. The standard InChI is InChI=1S/C12H14O/c1-3-4-11-5-7-12(8-6-11)10(2)9-13/h3,5-10H,1,4H2,2H3. The minimum atomic E-state index is -0.00205. The lowest BCUT2D eigenvalue weighted by molar-refractivity contribution is -0.108. The van der Waals surface area contributed by atoms with Crippen molar-refractivity contribution in [3.05, 3.63) is 48.0 Å². The maximum absolute atomic E-state index is 10.5. The van der Waals surface area contributed by atoms with Crippen LogP contribution in [0.4, 0.5) is 0 Å². The fourth-order valence-corrected chi connectivity index (χ4v) is 1.20. The van der Waals surface area contributed by atoms with Crippen LogP contribution in [0.25, 0.3) is 0 Å². The number of benzene rings is 1. The fourth-order valence-electron chi connectivity index (χ4n) is 1.20. The third-order valence-electron chi connectivity index (χ3n) is 2.09. The molecule has 1 atom stereocenters. The summed E-state index contributed by atoms with van der Waals surface area (Å²) >= 11 is 0. The van der Waals surface area contributed by atoms with Crippen LogP contribution in [-0.2, 0) is 11.2 Å². The summed E-state index contributed by atoms with van der Waals surface area (Å²) in [4.78, 5) is 10.5. The number of rotatable bonds is 4. The van der Waals surface area contributed by atoms with Crippen molar-refractivity contribution in [3.8, 4) is 0 Å². The minimum Gasteiger partial charge on any atom is -0.303 e. The Labute approximate surface area is 79.1 Å². The molecule has 68 valence electrons. The fraction of sp³-hybridized carbons (Fsp3) is 0.250. The van der Waals surface area contributed by atoms with Crippen LogP contribution in [0.3, 0.4) is 0 Å². The van der Waals surface area contributed by atoms with Gasteiger partial charge < -0.3 is 4.79 Å². The van der Waals surface area contributed by atoms with E-state index in [4.69, 9.17) is 0 Å². The first kappa shape index (κ1) is 9.72. The molecule has 0 aliphatic carbocycles. The minimum absolute atomic E-state index is 0.00205. The molecule has 0 aliphatic heterocycles. The van der Waals surface area contributed by atoms with E-state index in [1.165, 1.54) is 5.56 Å². The SMILES string of the molecule is C=CCc1ccc(C(C)C=O)cc1. The van der Waals surface area contributed by atoms with Gasteiger partial charge in [-0.1, -0.05) is 37.3 Å². The Hall–Kier alpha value is -1.37. The quantitative estimate of drug-likeness (QED) is 0.506. The maximum atomic E-state index is 10.5. The van der Waals surface area contributed by atoms with Gasteiger partial charge in [0.1, 0.15) is 6.29 Å². The molecule has 0 bridgehead atoms. The summed E-state index contributed by atoms with van der Waals surface area (Å²) in [5.41, 5.74) is 2.31. The van der Waals surface area contributed by atoms with E-state index in [-0.39, 0.29) is 5.92 Å². The molecular formula is C12H14O. The third-order valence-corrected chi connectivity index (χ3v) is 2.09. The number of hydrogen-bond donors (Lipinski definition) is 0. The van der Waals surface area contributed by atoms with Gasteiger partial charge in [-0.3, -0.25) is 0 Å². The van der Waals surface area contributed by atoms with Crippen molar-refractivity contribution in [3.63, 3.8) is 0 Å². The first-order valence-corrected chi connectivity index (χ1v) is 4.43. The molecule has 0 radical (unpaired) electrons. The highest BCUT2D eigenvalue weighted by molar-refractivity contribution is 5.61. The van der Waals surface area contributed by atoms with Crippen molar-refractivity contribution >= 4 is 6.29 Å². The van der Waals surface area contributed by atoms with E-state index < -0.39 is 0 Å². The van der Waals surface area contributed by atoms with Gasteiger partial charge in [-0.05, 0) is 17.5 Å². The van der Waals surface area contributed by atoms with E-state index >= 15 is 0 Å². The van der Waals surface area contributed by atoms with E-state index in [0.29, 0.717) is 0 Å². The van der Waals surface area contributed by atoms with E-state index in [0.717, 1.165) is 18.3 Å². The predicted molar refractivity (Wildman–Crippen MR) is 54.8 cm³/mol.